The molecule has 1 aliphatic carbocycles. The minimum Gasteiger partial charge on any atom is -0.493 e. The molecular weight excluding hydrogens is 266 g/mol. The molecule has 1 amide bonds. The topological polar surface area (TPSA) is 38.8 Å². The number of nitrogens with zero attached hydrogens (tertiary/aromatic N) is 1. The first kappa shape index (κ1) is 15.7. The van der Waals surface area contributed by atoms with Gasteiger partial charge in [0.2, 0.25) is 0 Å². The maximum atomic E-state index is 12.2. The molecule has 0 unspecified atom stereocenters. The smallest absolute Gasteiger partial charge is 0.260 e. The first-order chi connectivity index (χ1) is 10.1. The molecule has 1 saturated carbocycles. The highest BCUT2D eigenvalue weighted by Crippen LogP contribution is 2.28. The fourth-order valence-electron chi connectivity index (χ4n) is 2.81. The highest BCUT2D eigenvalue weighted by Gasteiger charge is 2.22. The molecule has 4 nitrogen and oxygen atoms in total. The molecule has 0 aromatic heterocycles. The molecular formula is C17H25NO3. The summed E-state index contributed by atoms with van der Waals surface area (Å²) >= 11 is 0. The van der Waals surface area contributed by atoms with Crippen molar-refractivity contribution in [2.24, 2.45) is 0 Å². The number of rotatable bonds is 5. The molecule has 0 spiro atoms. The number of likely N-dealkylation sites (N-methyl/N-ethyl adjacent to an activating group) is 1. The van der Waals surface area contributed by atoms with Crippen molar-refractivity contribution in [2.45, 2.75) is 45.1 Å². The third-order valence-electron chi connectivity index (χ3n) is 4.19. The van der Waals surface area contributed by atoms with Crippen molar-refractivity contribution in [3.05, 3.63) is 23.8 Å². The molecule has 0 atom stereocenters. The SMILES string of the molecule is COc1cc(C)ccc1OCC(=O)N(C)C1CCCCC1. The Balaban J connectivity index is 1.91. The van der Waals surface area contributed by atoms with E-state index in [0.717, 1.165) is 18.4 Å². The van der Waals surface area contributed by atoms with Gasteiger partial charge in [-0.05, 0) is 37.5 Å². The van der Waals surface area contributed by atoms with Gasteiger partial charge in [-0.25, -0.2) is 0 Å². The molecule has 4 heteroatoms. The Morgan fingerprint density at radius 3 is 2.62 bits per heavy atom. The standard InChI is InChI=1S/C17H25NO3/c1-13-9-10-15(16(11-13)20-3)21-12-17(19)18(2)14-7-5-4-6-8-14/h9-11,14H,4-8,12H2,1-3H3. The van der Waals surface area contributed by atoms with Gasteiger partial charge >= 0.3 is 0 Å². The summed E-state index contributed by atoms with van der Waals surface area (Å²) in [6.07, 6.45) is 5.94. The van der Waals surface area contributed by atoms with Crippen molar-refractivity contribution in [1.82, 2.24) is 4.90 Å². The minimum atomic E-state index is 0.0320. The summed E-state index contributed by atoms with van der Waals surface area (Å²) in [5.74, 6) is 1.32. The van der Waals surface area contributed by atoms with Crippen molar-refractivity contribution in [3.8, 4) is 11.5 Å². The third kappa shape index (κ3) is 4.13. The van der Waals surface area contributed by atoms with Gasteiger partial charge in [0.15, 0.2) is 18.1 Å². The van der Waals surface area contributed by atoms with Crippen molar-refractivity contribution in [3.63, 3.8) is 0 Å². The molecule has 0 heterocycles. The number of aryl methyl sites for hydroxylation is 1. The van der Waals surface area contributed by atoms with Gasteiger partial charge < -0.3 is 14.4 Å². The predicted octanol–water partition coefficient (Wildman–Crippen LogP) is 3.17. The number of hydrogen-bond acceptors (Lipinski definition) is 3. The van der Waals surface area contributed by atoms with Crippen LogP contribution in [-0.2, 0) is 4.79 Å². The lowest BCUT2D eigenvalue weighted by atomic mass is 9.94. The molecule has 1 fully saturated rings. The number of hydrogen-bond donors (Lipinski definition) is 0. The van der Waals surface area contributed by atoms with Crippen LogP contribution in [0.2, 0.25) is 0 Å². The van der Waals surface area contributed by atoms with Gasteiger partial charge in [0.25, 0.3) is 5.91 Å². The average molecular weight is 291 g/mol. The van der Waals surface area contributed by atoms with Crippen LogP contribution in [0.3, 0.4) is 0 Å². The number of carbonyl (C=O) groups is 1. The highest BCUT2D eigenvalue weighted by atomic mass is 16.5. The molecule has 0 N–H and O–H groups in total. The van der Waals surface area contributed by atoms with E-state index in [2.05, 4.69) is 0 Å². The number of carbonyl (C=O) groups excluding carboxylic acids is 1. The van der Waals surface area contributed by atoms with E-state index in [1.807, 2.05) is 37.1 Å². The van der Waals surface area contributed by atoms with Crippen LogP contribution in [-0.4, -0.2) is 37.6 Å². The number of ether oxygens (including phenoxy) is 2. The van der Waals surface area contributed by atoms with Gasteiger partial charge in [-0.1, -0.05) is 25.3 Å². The van der Waals surface area contributed by atoms with E-state index >= 15 is 0 Å². The molecule has 1 aliphatic rings. The zero-order chi connectivity index (χ0) is 15.2. The fraction of sp³-hybridized carbons (Fsp3) is 0.588. The first-order valence-corrected chi connectivity index (χ1v) is 7.65. The summed E-state index contributed by atoms with van der Waals surface area (Å²) in [5.41, 5.74) is 1.10. The highest BCUT2D eigenvalue weighted by molar-refractivity contribution is 5.78. The molecule has 2 rings (SSSR count). The lowest BCUT2D eigenvalue weighted by Gasteiger charge is -2.31. The second-order valence-corrected chi connectivity index (χ2v) is 5.74. The van der Waals surface area contributed by atoms with Crippen LogP contribution >= 0.6 is 0 Å². The summed E-state index contributed by atoms with van der Waals surface area (Å²) in [6, 6.07) is 6.08. The molecule has 0 bridgehead atoms. The Morgan fingerprint density at radius 1 is 1.24 bits per heavy atom. The summed E-state index contributed by atoms with van der Waals surface area (Å²) < 4.78 is 10.9. The Bertz CT molecular complexity index is 481. The largest absolute Gasteiger partial charge is 0.493 e. The summed E-state index contributed by atoms with van der Waals surface area (Å²) in [7, 11) is 3.49. The normalized spacial score (nSPS) is 15.6. The second kappa shape index (κ2) is 7.34. The third-order valence-corrected chi connectivity index (χ3v) is 4.19. The quantitative estimate of drug-likeness (QED) is 0.836. The van der Waals surface area contributed by atoms with Crippen LogP contribution in [0.25, 0.3) is 0 Å². The van der Waals surface area contributed by atoms with E-state index in [9.17, 15) is 4.79 Å². The number of methoxy groups -OCH3 is 1. The van der Waals surface area contributed by atoms with Gasteiger partial charge in [0.05, 0.1) is 7.11 Å². The Kier molecular flexibility index (Phi) is 5.48. The van der Waals surface area contributed by atoms with Gasteiger partial charge in [-0.15, -0.1) is 0 Å². The number of amides is 1. The van der Waals surface area contributed by atoms with Crippen LogP contribution in [0.1, 0.15) is 37.7 Å². The van der Waals surface area contributed by atoms with E-state index in [1.165, 1.54) is 19.3 Å². The van der Waals surface area contributed by atoms with E-state index in [-0.39, 0.29) is 12.5 Å². The predicted molar refractivity (Wildman–Crippen MR) is 82.9 cm³/mol. The monoisotopic (exact) mass is 291 g/mol. The molecule has 0 aliphatic heterocycles. The maximum absolute atomic E-state index is 12.2. The van der Waals surface area contributed by atoms with Crippen LogP contribution in [0.4, 0.5) is 0 Å². The lowest BCUT2D eigenvalue weighted by molar-refractivity contribution is -0.134. The van der Waals surface area contributed by atoms with Crippen molar-refractivity contribution < 1.29 is 14.3 Å². The van der Waals surface area contributed by atoms with Crippen molar-refractivity contribution in [2.75, 3.05) is 20.8 Å². The summed E-state index contributed by atoms with van der Waals surface area (Å²) in [5, 5.41) is 0. The van der Waals surface area contributed by atoms with E-state index < -0.39 is 0 Å². The van der Waals surface area contributed by atoms with Crippen molar-refractivity contribution in [1.29, 1.82) is 0 Å². The Hall–Kier alpha value is -1.71. The molecule has 0 radical (unpaired) electrons. The van der Waals surface area contributed by atoms with E-state index in [1.54, 1.807) is 7.11 Å². The van der Waals surface area contributed by atoms with Crippen LogP contribution in [0.15, 0.2) is 18.2 Å². The average Bonchev–Trinajstić information content (AvgIpc) is 2.53. The van der Waals surface area contributed by atoms with E-state index in [0.29, 0.717) is 17.5 Å². The van der Waals surface area contributed by atoms with Gasteiger partial charge in [0, 0.05) is 13.1 Å². The van der Waals surface area contributed by atoms with Crippen LogP contribution in [0.5, 0.6) is 11.5 Å². The van der Waals surface area contributed by atoms with Gasteiger partial charge in [-0.2, -0.15) is 0 Å². The zero-order valence-corrected chi connectivity index (χ0v) is 13.2. The van der Waals surface area contributed by atoms with Gasteiger partial charge in [-0.3, -0.25) is 4.79 Å². The summed E-state index contributed by atoms with van der Waals surface area (Å²) in [6.45, 7) is 2.06. The maximum Gasteiger partial charge on any atom is 0.260 e. The second-order valence-electron chi connectivity index (χ2n) is 5.74. The molecule has 21 heavy (non-hydrogen) atoms. The fourth-order valence-corrected chi connectivity index (χ4v) is 2.81. The molecule has 116 valence electrons. The lowest BCUT2D eigenvalue weighted by Crippen LogP contribution is -2.40. The van der Waals surface area contributed by atoms with Gasteiger partial charge in [0.1, 0.15) is 0 Å². The van der Waals surface area contributed by atoms with Crippen LogP contribution in [0, 0.1) is 6.92 Å². The Morgan fingerprint density at radius 2 is 1.95 bits per heavy atom. The zero-order valence-electron chi connectivity index (χ0n) is 13.2. The first-order valence-electron chi connectivity index (χ1n) is 7.65. The number of benzene rings is 1. The molecule has 0 saturated heterocycles. The summed E-state index contributed by atoms with van der Waals surface area (Å²) in [4.78, 5) is 14.1. The minimum absolute atomic E-state index is 0.0320. The van der Waals surface area contributed by atoms with Crippen LogP contribution < -0.4 is 9.47 Å². The molecule has 1 aromatic rings. The molecule has 1 aromatic carbocycles. The van der Waals surface area contributed by atoms with E-state index in [4.69, 9.17) is 9.47 Å². The Labute approximate surface area is 127 Å². The van der Waals surface area contributed by atoms with Crippen molar-refractivity contribution >= 4 is 5.91 Å².